The molecule has 4 amide bonds. The van der Waals surface area contributed by atoms with Gasteiger partial charge in [0.25, 0.3) is 5.91 Å². The highest BCUT2D eigenvalue weighted by atomic mass is 19.4. The third-order valence-electron chi connectivity index (χ3n) is 3.97. The van der Waals surface area contributed by atoms with Crippen molar-refractivity contribution in [1.29, 1.82) is 0 Å². The second kappa shape index (κ2) is 5.44. The Labute approximate surface area is 125 Å². The van der Waals surface area contributed by atoms with Gasteiger partial charge in [-0.2, -0.15) is 13.2 Å². The number of amides is 4. The minimum absolute atomic E-state index is 0.0105. The Balaban J connectivity index is 2.01. The van der Waals surface area contributed by atoms with Crippen molar-refractivity contribution in [2.45, 2.75) is 38.4 Å². The molecule has 6 nitrogen and oxygen atoms in total. The van der Waals surface area contributed by atoms with Crippen LogP contribution in [0.5, 0.6) is 0 Å². The van der Waals surface area contributed by atoms with E-state index >= 15 is 0 Å². The molecular formula is C13H18F3N3O3. The number of nitrogens with zero attached hydrogens (tertiary/aromatic N) is 2. The van der Waals surface area contributed by atoms with Crippen LogP contribution in [0.25, 0.3) is 0 Å². The van der Waals surface area contributed by atoms with Gasteiger partial charge in [0.1, 0.15) is 12.1 Å². The topological polar surface area (TPSA) is 69.7 Å². The van der Waals surface area contributed by atoms with Crippen LogP contribution >= 0.6 is 0 Å². The van der Waals surface area contributed by atoms with E-state index in [1.165, 1.54) is 13.8 Å². The van der Waals surface area contributed by atoms with Crippen molar-refractivity contribution in [3.63, 3.8) is 0 Å². The number of urea groups is 1. The van der Waals surface area contributed by atoms with Crippen molar-refractivity contribution in [2.24, 2.45) is 5.92 Å². The lowest BCUT2D eigenvalue weighted by molar-refractivity contribution is -0.188. The van der Waals surface area contributed by atoms with Crippen LogP contribution in [0.15, 0.2) is 0 Å². The summed E-state index contributed by atoms with van der Waals surface area (Å²) in [7, 11) is 0. The van der Waals surface area contributed by atoms with E-state index in [1.54, 1.807) is 0 Å². The molecule has 0 bridgehead atoms. The number of hydrogen-bond donors (Lipinski definition) is 1. The molecule has 2 fully saturated rings. The lowest BCUT2D eigenvalue weighted by atomic mass is 9.97. The molecule has 124 valence electrons. The highest BCUT2D eigenvalue weighted by Crippen LogP contribution is 2.33. The van der Waals surface area contributed by atoms with E-state index in [2.05, 4.69) is 5.32 Å². The van der Waals surface area contributed by atoms with Crippen molar-refractivity contribution in [3.05, 3.63) is 0 Å². The molecule has 0 spiro atoms. The number of carbonyl (C=O) groups excluding carboxylic acids is 3. The maximum atomic E-state index is 12.7. The van der Waals surface area contributed by atoms with Crippen LogP contribution in [0, 0.1) is 5.92 Å². The molecule has 1 atom stereocenters. The van der Waals surface area contributed by atoms with Crippen LogP contribution in [-0.4, -0.2) is 59.0 Å². The summed E-state index contributed by atoms with van der Waals surface area (Å²) in [6.45, 7) is 2.25. The van der Waals surface area contributed by atoms with Crippen molar-refractivity contribution in [1.82, 2.24) is 15.1 Å². The first-order valence-corrected chi connectivity index (χ1v) is 7.01. The van der Waals surface area contributed by atoms with Crippen LogP contribution in [0.3, 0.4) is 0 Å². The summed E-state index contributed by atoms with van der Waals surface area (Å²) in [6, 6.07) is -0.701. The third-order valence-corrected chi connectivity index (χ3v) is 3.97. The number of nitrogens with one attached hydrogen (secondary N) is 1. The number of carbonyl (C=O) groups is 3. The molecule has 0 unspecified atom stereocenters. The summed E-state index contributed by atoms with van der Waals surface area (Å²) < 4.78 is 38.2. The van der Waals surface area contributed by atoms with E-state index in [9.17, 15) is 27.6 Å². The second-order valence-electron chi connectivity index (χ2n) is 6.17. The third kappa shape index (κ3) is 3.17. The van der Waals surface area contributed by atoms with Gasteiger partial charge in [-0.25, -0.2) is 4.79 Å². The van der Waals surface area contributed by atoms with Gasteiger partial charge in [-0.15, -0.1) is 0 Å². The van der Waals surface area contributed by atoms with Gasteiger partial charge in [-0.05, 0) is 26.7 Å². The summed E-state index contributed by atoms with van der Waals surface area (Å²) in [6.07, 6.45) is -4.10. The van der Waals surface area contributed by atoms with E-state index in [1.807, 2.05) is 0 Å². The molecule has 2 aliphatic rings. The van der Waals surface area contributed by atoms with E-state index < -0.39 is 48.6 Å². The Morgan fingerprint density at radius 3 is 2.50 bits per heavy atom. The van der Waals surface area contributed by atoms with Crippen molar-refractivity contribution < 1.29 is 27.6 Å². The molecule has 1 N–H and O–H groups in total. The van der Waals surface area contributed by atoms with E-state index in [-0.39, 0.29) is 19.4 Å². The molecule has 9 heteroatoms. The van der Waals surface area contributed by atoms with Gasteiger partial charge in [0.05, 0.1) is 5.92 Å². The smallest absolute Gasteiger partial charge is 0.341 e. The summed E-state index contributed by atoms with van der Waals surface area (Å²) in [5, 5.41) is 2.42. The molecule has 0 aromatic heterocycles. The highest BCUT2D eigenvalue weighted by Gasteiger charge is 2.46. The fourth-order valence-corrected chi connectivity index (χ4v) is 2.67. The molecule has 0 radical (unpaired) electrons. The van der Waals surface area contributed by atoms with Crippen LogP contribution in [0.4, 0.5) is 18.0 Å². The van der Waals surface area contributed by atoms with Crippen LogP contribution < -0.4 is 5.32 Å². The van der Waals surface area contributed by atoms with Gasteiger partial charge in [0.2, 0.25) is 5.91 Å². The molecule has 2 saturated heterocycles. The minimum atomic E-state index is -4.35. The summed E-state index contributed by atoms with van der Waals surface area (Å²) >= 11 is 0. The normalized spacial score (nSPS) is 25.4. The summed E-state index contributed by atoms with van der Waals surface area (Å²) in [5.74, 6) is -2.75. The zero-order chi connectivity index (χ0) is 16.7. The predicted molar refractivity (Wildman–Crippen MR) is 69.7 cm³/mol. The van der Waals surface area contributed by atoms with Gasteiger partial charge in [-0.3, -0.25) is 14.5 Å². The Kier molecular flexibility index (Phi) is 4.09. The summed E-state index contributed by atoms with van der Waals surface area (Å²) in [4.78, 5) is 37.6. The average Bonchev–Trinajstić information content (AvgIpc) is 2.60. The Bertz CT molecular complexity index is 504. The first-order valence-electron chi connectivity index (χ1n) is 7.01. The first kappa shape index (κ1) is 16.6. The number of piperidine rings is 1. The van der Waals surface area contributed by atoms with Crippen molar-refractivity contribution in [2.75, 3.05) is 19.6 Å². The van der Waals surface area contributed by atoms with Crippen molar-refractivity contribution >= 4 is 17.8 Å². The molecule has 0 saturated carbocycles. The van der Waals surface area contributed by atoms with Gasteiger partial charge >= 0.3 is 12.2 Å². The van der Waals surface area contributed by atoms with E-state index in [0.29, 0.717) is 0 Å². The highest BCUT2D eigenvalue weighted by molar-refractivity contribution is 6.08. The number of imide groups is 1. The second-order valence-corrected chi connectivity index (χ2v) is 6.17. The monoisotopic (exact) mass is 321 g/mol. The van der Waals surface area contributed by atoms with E-state index in [0.717, 1.165) is 9.80 Å². The molecular weight excluding hydrogens is 303 g/mol. The van der Waals surface area contributed by atoms with Gasteiger partial charge in [-0.1, -0.05) is 0 Å². The fraction of sp³-hybridized carbons (Fsp3) is 0.769. The van der Waals surface area contributed by atoms with Gasteiger partial charge in [0.15, 0.2) is 0 Å². The molecule has 2 heterocycles. The fourth-order valence-electron chi connectivity index (χ4n) is 2.67. The number of likely N-dealkylation sites (tertiary alicyclic amines) is 1. The van der Waals surface area contributed by atoms with Crippen LogP contribution in [0.2, 0.25) is 0 Å². The molecule has 0 aromatic rings. The first-order chi connectivity index (χ1) is 10.0. The largest absolute Gasteiger partial charge is 0.393 e. The summed E-state index contributed by atoms with van der Waals surface area (Å²) in [5.41, 5.74) is -1.10. The average molecular weight is 321 g/mol. The molecule has 0 aromatic carbocycles. The minimum Gasteiger partial charge on any atom is -0.341 e. The Morgan fingerprint density at radius 1 is 1.36 bits per heavy atom. The molecule has 2 rings (SSSR count). The van der Waals surface area contributed by atoms with Crippen molar-refractivity contribution in [3.8, 4) is 0 Å². The predicted octanol–water partition coefficient (Wildman–Crippen LogP) is 1.12. The van der Waals surface area contributed by atoms with Crippen LogP contribution in [0.1, 0.15) is 26.7 Å². The van der Waals surface area contributed by atoms with Gasteiger partial charge < -0.3 is 10.2 Å². The lowest BCUT2D eigenvalue weighted by Gasteiger charge is -2.34. The van der Waals surface area contributed by atoms with Crippen LogP contribution in [-0.2, 0) is 9.59 Å². The SMILES string of the molecule is CC1(C)NC(=O)N(CC(=O)N2CCC[C@@H](C(F)(F)F)C2)C1=O. The standard InChI is InChI=1S/C13H18F3N3O3/c1-12(2)10(21)19(11(22)17-12)7-9(20)18-5-3-4-8(6-18)13(14,15)16/h8H,3-7H2,1-2H3,(H,17,22)/t8-/m1/s1. The molecule has 0 aliphatic carbocycles. The van der Waals surface area contributed by atoms with Gasteiger partial charge in [0, 0.05) is 13.1 Å². The maximum Gasteiger partial charge on any atom is 0.393 e. The number of rotatable bonds is 2. The quantitative estimate of drug-likeness (QED) is 0.775. The zero-order valence-electron chi connectivity index (χ0n) is 12.4. The molecule has 22 heavy (non-hydrogen) atoms. The zero-order valence-corrected chi connectivity index (χ0v) is 12.4. The molecule has 2 aliphatic heterocycles. The maximum absolute atomic E-state index is 12.7. The Morgan fingerprint density at radius 2 is 2.00 bits per heavy atom. The Hall–Kier alpha value is -1.80. The number of halogens is 3. The van der Waals surface area contributed by atoms with E-state index in [4.69, 9.17) is 0 Å². The number of hydrogen-bond acceptors (Lipinski definition) is 3. The number of alkyl halides is 3. The lowest BCUT2D eigenvalue weighted by Crippen LogP contribution is -2.49.